The van der Waals surface area contributed by atoms with Crippen molar-refractivity contribution in [3.8, 4) is 28.6 Å². The Morgan fingerprint density at radius 2 is 1.86 bits per heavy atom. The first-order valence-corrected chi connectivity index (χ1v) is 9.55. The number of aromatic hydroxyl groups is 1. The van der Waals surface area contributed by atoms with Crippen molar-refractivity contribution in [1.82, 2.24) is 20.6 Å². The molecule has 0 aliphatic carbocycles. The van der Waals surface area contributed by atoms with Gasteiger partial charge in [-0.05, 0) is 55.0 Å². The fourth-order valence-corrected chi connectivity index (χ4v) is 2.94. The number of aromatic nitrogens is 4. The normalized spacial score (nSPS) is 10.7. The number of carbonyl (C=O) groups excluding carboxylic acids is 1. The first-order chi connectivity index (χ1) is 14.1. The van der Waals surface area contributed by atoms with Gasteiger partial charge in [-0.25, -0.2) is 0 Å². The van der Waals surface area contributed by atoms with Crippen LogP contribution in [0.4, 0.5) is 0 Å². The maximum absolute atomic E-state index is 11.6. The number of benzene rings is 2. The number of nitrogens with one attached hydrogen (secondary N) is 1. The number of phenols is 1. The molecular formula is C21H24N4O4. The van der Waals surface area contributed by atoms with Gasteiger partial charge in [0, 0.05) is 17.5 Å². The van der Waals surface area contributed by atoms with Gasteiger partial charge in [-0.3, -0.25) is 4.79 Å². The Hall–Kier alpha value is -3.42. The van der Waals surface area contributed by atoms with Gasteiger partial charge < -0.3 is 14.6 Å². The van der Waals surface area contributed by atoms with Crippen LogP contribution in [0.1, 0.15) is 42.6 Å². The van der Waals surface area contributed by atoms with E-state index in [4.69, 9.17) is 9.47 Å². The zero-order valence-electron chi connectivity index (χ0n) is 16.5. The topological polar surface area (TPSA) is 110 Å². The number of phenolic OH excluding ortho intramolecular Hbond substituents is 1. The summed E-state index contributed by atoms with van der Waals surface area (Å²) in [5.41, 5.74) is 1.86. The van der Waals surface area contributed by atoms with Crippen LogP contribution < -0.4 is 9.47 Å². The summed E-state index contributed by atoms with van der Waals surface area (Å²) >= 11 is 0. The monoisotopic (exact) mass is 396 g/mol. The number of nitrogens with zero attached hydrogens (tertiary/aromatic N) is 3. The molecule has 0 saturated heterocycles. The fraction of sp³-hybridized carbons (Fsp3) is 0.333. The molecule has 0 atom stereocenters. The van der Waals surface area contributed by atoms with Gasteiger partial charge >= 0.3 is 0 Å². The van der Waals surface area contributed by atoms with Crippen molar-refractivity contribution in [3.63, 3.8) is 0 Å². The third kappa shape index (κ3) is 5.10. The fourth-order valence-electron chi connectivity index (χ4n) is 2.94. The average molecular weight is 396 g/mol. The zero-order chi connectivity index (χ0) is 20.6. The highest BCUT2D eigenvalue weighted by molar-refractivity contribution is 5.97. The highest BCUT2D eigenvalue weighted by atomic mass is 16.5. The van der Waals surface area contributed by atoms with Gasteiger partial charge in [0.1, 0.15) is 17.2 Å². The predicted octanol–water partition coefficient (Wildman–Crippen LogP) is 3.58. The molecule has 0 radical (unpaired) electrons. The van der Waals surface area contributed by atoms with Gasteiger partial charge in [0.2, 0.25) is 5.82 Å². The van der Waals surface area contributed by atoms with Gasteiger partial charge in [0.15, 0.2) is 5.78 Å². The lowest BCUT2D eigenvalue weighted by atomic mass is 10.0. The van der Waals surface area contributed by atoms with Crippen LogP contribution in [-0.2, 0) is 6.42 Å². The van der Waals surface area contributed by atoms with Crippen molar-refractivity contribution in [2.75, 3.05) is 13.2 Å². The third-order valence-electron chi connectivity index (χ3n) is 4.39. The minimum Gasteiger partial charge on any atom is -0.507 e. The van der Waals surface area contributed by atoms with E-state index in [9.17, 15) is 9.90 Å². The molecule has 1 aromatic heterocycles. The van der Waals surface area contributed by atoms with Gasteiger partial charge in [0.25, 0.3) is 0 Å². The Kier molecular flexibility index (Phi) is 6.78. The lowest BCUT2D eigenvalue weighted by molar-refractivity contribution is 0.101. The second kappa shape index (κ2) is 9.68. The minimum absolute atomic E-state index is 0.0230. The van der Waals surface area contributed by atoms with Gasteiger partial charge in [0.05, 0.1) is 18.8 Å². The first kappa shape index (κ1) is 20.3. The molecule has 152 valence electrons. The van der Waals surface area contributed by atoms with Crippen LogP contribution in [0.5, 0.6) is 17.2 Å². The second-order valence-corrected chi connectivity index (χ2v) is 6.55. The molecule has 0 aliphatic heterocycles. The quantitative estimate of drug-likeness (QED) is 0.398. The van der Waals surface area contributed by atoms with Crippen LogP contribution in [0, 0.1) is 0 Å². The number of hydrogen-bond acceptors (Lipinski definition) is 7. The number of rotatable bonds is 10. The summed E-state index contributed by atoms with van der Waals surface area (Å²) in [5.74, 6) is 1.75. The molecule has 0 aliphatic rings. The second-order valence-electron chi connectivity index (χ2n) is 6.55. The molecule has 1 heterocycles. The maximum Gasteiger partial charge on any atom is 0.204 e. The van der Waals surface area contributed by atoms with Crippen LogP contribution in [0.3, 0.4) is 0 Å². The van der Waals surface area contributed by atoms with Crippen molar-refractivity contribution < 1.29 is 19.4 Å². The van der Waals surface area contributed by atoms with Crippen LogP contribution >= 0.6 is 0 Å². The number of aromatic amines is 1. The summed E-state index contributed by atoms with van der Waals surface area (Å²) in [7, 11) is 0. The summed E-state index contributed by atoms with van der Waals surface area (Å²) in [6, 6.07) is 10.8. The highest BCUT2D eigenvalue weighted by Gasteiger charge is 2.15. The molecule has 3 rings (SSSR count). The zero-order valence-corrected chi connectivity index (χ0v) is 16.5. The lowest BCUT2D eigenvalue weighted by Crippen LogP contribution is -2.07. The van der Waals surface area contributed by atoms with E-state index in [0.29, 0.717) is 48.8 Å². The molecule has 8 nitrogen and oxygen atoms in total. The predicted molar refractivity (Wildman–Crippen MR) is 107 cm³/mol. The number of Topliss-reactive ketones (excluding diaryl/α,β-unsaturated/α-hetero) is 1. The minimum atomic E-state index is -0.162. The van der Waals surface area contributed by atoms with Crippen molar-refractivity contribution in [1.29, 1.82) is 0 Å². The Labute approximate surface area is 168 Å². The van der Waals surface area contributed by atoms with Crippen LogP contribution in [0.15, 0.2) is 36.4 Å². The molecule has 0 unspecified atom stereocenters. The van der Waals surface area contributed by atoms with E-state index in [1.807, 2.05) is 31.2 Å². The molecule has 0 fully saturated rings. The number of ketones is 1. The molecule has 0 amide bonds. The number of tetrazole rings is 1. The maximum atomic E-state index is 11.6. The average Bonchev–Trinajstić information content (AvgIpc) is 3.25. The SMILES string of the molecule is CCCc1c(OCCCOc2ccc(-c3nn[nH]n3)cc2)ccc(C(C)=O)c1O. The number of hydrogen-bond donors (Lipinski definition) is 2. The van der Waals surface area contributed by atoms with Crippen molar-refractivity contribution >= 4 is 5.78 Å². The first-order valence-electron chi connectivity index (χ1n) is 9.55. The van der Waals surface area contributed by atoms with E-state index in [-0.39, 0.29) is 11.5 Å². The lowest BCUT2D eigenvalue weighted by Gasteiger charge is -2.15. The molecule has 2 aromatic carbocycles. The van der Waals surface area contributed by atoms with Gasteiger partial charge in [-0.15, -0.1) is 10.2 Å². The summed E-state index contributed by atoms with van der Waals surface area (Å²) < 4.78 is 11.6. The number of H-pyrrole nitrogens is 1. The number of carbonyl (C=O) groups is 1. The van der Waals surface area contributed by atoms with Crippen LogP contribution in [0.25, 0.3) is 11.4 Å². The Balaban J connectivity index is 1.50. The van der Waals surface area contributed by atoms with E-state index in [1.165, 1.54) is 6.92 Å². The number of ether oxygens (including phenoxy) is 2. The molecule has 8 heteroatoms. The largest absolute Gasteiger partial charge is 0.507 e. The highest BCUT2D eigenvalue weighted by Crippen LogP contribution is 2.33. The van der Waals surface area contributed by atoms with E-state index >= 15 is 0 Å². The van der Waals surface area contributed by atoms with Crippen molar-refractivity contribution in [3.05, 3.63) is 47.5 Å². The van der Waals surface area contributed by atoms with Crippen LogP contribution in [0.2, 0.25) is 0 Å². The Bertz CT molecular complexity index is 940. The molecule has 3 aromatic rings. The van der Waals surface area contributed by atoms with Gasteiger partial charge in [-0.2, -0.15) is 5.21 Å². The van der Waals surface area contributed by atoms with E-state index < -0.39 is 0 Å². The van der Waals surface area contributed by atoms with E-state index in [0.717, 1.165) is 17.7 Å². The summed E-state index contributed by atoms with van der Waals surface area (Å²) in [4.78, 5) is 11.6. The Morgan fingerprint density at radius 1 is 1.10 bits per heavy atom. The summed E-state index contributed by atoms with van der Waals surface area (Å²) in [6.07, 6.45) is 2.16. The molecule has 0 spiro atoms. The smallest absolute Gasteiger partial charge is 0.204 e. The third-order valence-corrected chi connectivity index (χ3v) is 4.39. The van der Waals surface area contributed by atoms with E-state index in [2.05, 4.69) is 20.6 Å². The van der Waals surface area contributed by atoms with Crippen molar-refractivity contribution in [2.45, 2.75) is 33.1 Å². The molecule has 2 N–H and O–H groups in total. The standard InChI is InChI=1S/C21H24N4O4/c1-3-5-18-19(11-10-17(14(2)26)20(18)27)29-13-4-12-28-16-8-6-15(7-9-16)21-22-24-25-23-21/h6-11,27H,3-5,12-13H2,1-2H3,(H,22,23,24,25). The van der Waals surface area contributed by atoms with Crippen molar-refractivity contribution in [2.24, 2.45) is 0 Å². The molecular weight excluding hydrogens is 372 g/mol. The van der Waals surface area contributed by atoms with E-state index in [1.54, 1.807) is 12.1 Å². The summed E-state index contributed by atoms with van der Waals surface area (Å²) in [5, 5.41) is 24.2. The van der Waals surface area contributed by atoms with Crippen LogP contribution in [-0.4, -0.2) is 44.7 Å². The molecule has 29 heavy (non-hydrogen) atoms. The van der Waals surface area contributed by atoms with Gasteiger partial charge in [-0.1, -0.05) is 13.3 Å². The molecule has 0 bridgehead atoms. The summed E-state index contributed by atoms with van der Waals surface area (Å²) in [6.45, 7) is 4.39. The Morgan fingerprint density at radius 3 is 2.52 bits per heavy atom. The molecule has 0 saturated carbocycles.